The summed E-state index contributed by atoms with van der Waals surface area (Å²) in [6, 6.07) is 7.38. The molecule has 0 saturated heterocycles. The number of hydrogen-bond donors (Lipinski definition) is 0. The summed E-state index contributed by atoms with van der Waals surface area (Å²) in [4.78, 5) is 12.0. The van der Waals surface area contributed by atoms with Gasteiger partial charge in [0.25, 0.3) is 0 Å². The molecule has 0 spiro atoms. The van der Waals surface area contributed by atoms with Gasteiger partial charge in [0.1, 0.15) is 5.75 Å². The van der Waals surface area contributed by atoms with Gasteiger partial charge in [-0.3, -0.25) is 0 Å². The first-order chi connectivity index (χ1) is 13.7. The third-order valence-corrected chi connectivity index (χ3v) is 6.04. The number of carbonyl (C=O) groups is 1. The number of carbonyl (C=O) groups excluding carboxylic acids is 1. The molecule has 2 rings (SSSR count). The number of benzene rings is 1. The van der Waals surface area contributed by atoms with E-state index in [1.165, 1.54) is 57.8 Å². The second-order valence-electron chi connectivity index (χ2n) is 8.30. The molecule has 0 aromatic heterocycles. The van der Waals surface area contributed by atoms with E-state index in [4.69, 9.17) is 9.47 Å². The Kier molecular flexibility index (Phi) is 11.1. The lowest BCUT2D eigenvalue weighted by Gasteiger charge is -2.31. The molecule has 0 radical (unpaired) electrons. The van der Waals surface area contributed by atoms with E-state index in [9.17, 15) is 4.79 Å². The van der Waals surface area contributed by atoms with Crippen LogP contribution in [0.1, 0.15) is 101 Å². The van der Waals surface area contributed by atoms with Crippen molar-refractivity contribution >= 4 is 5.97 Å². The minimum Gasteiger partial charge on any atom is -0.494 e. The minimum atomic E-state index is -0.234. The van der Waals surface area contributed by atoms with Crippen molar-refractivity contribution in [2.24, 2.45) is 11.8 Å². The van der Waals surface area contributed by atoms with Gasteiger partial charge < -0.3 is 9.47 Å². The molecular formula is C25H40O3. The van der Waals surface area contributed by atoms with Crippen LogP contribution >= 0.6 is 0 Å². The van der Waals surface area contributed by atoms with Gasteiger partial charge in [0.15, 0.2) is 0 Å². The predicted octanol–water partition coefficient (Wildman–Crippen LogP) is 7.19. The number of hydrogen-bond acceptors (Lipinski definition) is 3. The molecule has 0 amide bonds. The van der Waals surface area contributed by atoms with Gasteiger partial charge in [-0.05, 0) is 55.4 Å². The quantitative estimate of drug-likeness (QED) is 0.265. The van der Waals surface area contributed by atoms with Gasteiger partial charge in [-0.25, -0.2) is 4.79 Å². The highest BCUT2D eigenvalue weighted by Gasteiger charge is 2.23. The van der Waals surface area contributed by atoms with Crippen LogP contribution in [-0.2, 0) is 4.74 Å². The van der Waals surface area contributed by atoms with Crippen LogP contribution in [0.4, 0.5) is 0 Å². The molecule has 3 heteroatoms. The van der Waals surface area contributed by atoms with Crippen LogP contribution < -0.4 is 4.74 Å². The first-order valence-electron chi connectivity index (χ1n) is 11.6. The highest BCUT2D eigenvalue weighted by Crippen LogP contribution is 2.35. The molecule has 0 N–H and O–H groups in total. The van der Waals surface area contributed by atoms with Crippen LogP contribution in [0.3, 0.4) is 0 Å². The smallest absolute Gasteiger partial charge is 0.338 e. The Labute approximate surface area is 172 Å². The largest absolute Gasteiger partial charge is 0.494 e. The molecule has 158 valence electrons. The van der Waals surface area contributed by atoms with E-state index in [1.807, 2.05) is 24.3 Å². The number of ether oxygens (including phenoxy) is 2. The number of rotatable bonds is 13. The van der Waals surface area contributed by atoms with Crippen LogP contribution in [0.15, 0.2) is 24.3 Å². The molecule has 0 bridgehead atoms. The fraction of sp³-hybridized carbons (Fsp3) is 0.720. The maximum Gasteiger partial charge on any atom is 0.338 e. The molecule has 0 heterocycles. The SMILES string of the molecule is CCCCCCOC(=O)c1ccc(OCCCC2CCCCC2CCC)cc1. The summed E-state index contributed by atoms with van der Waals surface area (Å²) in [6.45, 7) is 5.75. The molecular weight excluding hydrogens is 348 g/mol. The standard InChI is InChI=1S/C25H40O3/c1-3-5-6-9-19-28-25(26)23-15-17-24(18-16-23)27-20-10-14-22-13-8-7-12-21(22)11-4-2/h15-18,21-22H,3-14,19-20H2,1-2H3. The zero-order valence-corrected chi connectivity index (χ0v) is 18.1. The van der Waals surface area contributed by atoms with Gasteiger partial charge in [-0.1, -0.05) is 71.6 Å². The summed E-state index contributed by atoms with van der Waals surface area (Å²) in [5, 5.41) is 0. The maximum absolute atomic E-state index is 12.0. The number of esters is 1. The normalized spacial score (nSPS) is 19.4. The Bertz CT molecular complexity index is 535. The first-order valence-corrected chi connectivity index (χ1v) is 11.6. The van der Waals surface area contributed by atoms with E-state index in [1.54, 1.807) is 0 Å². The maximum atomic E-state index is 12.0. The van der Waals surface area contributed by atoms with Crippen molar-refractivity contribution in [2.75, 3.05) is 13.2 Å². The monoisotopic (exact) mass is 388 g/mol. The van der Waals surface area contributed by atoms with Crippen molar-refractivity contribution in [2.45, 2.75) is 90.9 Å². The van der Waals surface area contributed by atoms with Crippen molar-refractivity contribution in [1.29, 1.82) is 0 Å². The number of unbranched alkanes of at least 4 members (excludes halogenated alkanes) is 3. The molecule has 28 heavy (non-hydrogen) atoms. The summed E-state index contributed by atoms with van der Waals surface area (Å²) < 4.78 is 11.2. The fourth-order valence-corrected chi connectivity index (χ4v) is 4.42. The highest BCUT2D eigenvalue weighted by atomic mass is 16.5. The summed E-state index contributed by atoms with van der Waals surface area (Å²) in [7, 11) is 0. The van der Waals surface area contributed by atoms with E-state index in [-0.39, 0.29) is 5.97 Å². The second-order valence-corrected chi connectivity index (χ2v) is 8.30. The van der Waals surface area contributed by atoms with Gasteiger partial charge in [0.2, 0.25) is 0 Å². The minimum absolute atomic E-state index is 0.234. The molecule has 2 unspecified atom stereocenters. The fourth-order valence-electron chi connectivity index (χ4n) is 4.42. The molecule has 1 aliphatic carbocycles. The Morgan fingerprint density at radius 3 is 2.25 bits per heavy atom. The third-order valence-electron chi connectivity index (χ3n) is 6.04. The summed E-state index contributed by atoms with van der Waals surface area (Å²) in [5.74, 6) is 2.44. The Morgan fingerprint density at radius 1 is 0.857 bits per heavy atom. The lowest BCUT2D eigenvalue weighted by Crippen LogP contribution is -2.20. The van der Waals surface area contributed by atoms with Gasteiger partial charge in [0.05, 0.1) is 18.8 Å². The predicted molar refractivity (Wildman–Crippen MR) is 116 cm³/mol. The average Bonchev–Trinajstić information content (AvgIpc) is 2.72. The Morgan fingerprint density at radius 2 is 1.57 bits per heavy atom. The molecule has 3 nitrogen and oxygen atoms in total. The zero-order valence-electron chi connectivity index (χ0n) is 18.1. The van der Waals surface area contributed by atoms with Crippen molar-refractivity contribution in [3.63, 3.8) is 0 Å². The van der Waals surface area contributed by atoms with E-state index in [2.05, 4.69) is 13.8 Å². The van der Waals surface area contributed by atoms with E-state index < -0.39 is 0 Å². The van der Waals surface area contributed by atoms with Crippen LogP contribution in [0.25, 0.3) is 0 Å². The lowest BCUT2D eigenvalue weighted by atomic mass is 9.75. The van der Waals surface area contributed by atoms with E-state index >= 15 is 0 Å². The topological polar surface area (TPSA) is 35.5 Å². The summed E-state index contributed by atoms with van der Waals surface area (Å²) >= 11 is 0. The first kappa shape index (κ1) is 22.8. The molecule has 1 fully saturated rings. The van der Waals surface area contributed by atoms with Crippen molar-refractivity contribution in [1.82, 2.24) is 0 Å². The molecule has 0 aliphatic heterocycles. The van der Waals surface area contributed by atoms with Crippen LogP contribution in [-0.4, -0.2) is 19.2 Å². The van der Waals surface area contributed by atoms with Crippen LogP contribution in [0.5, 0.6) is 5.75 Å². The Hall–Kier alpha value is -1.51. The molecule has 2 atom stereocenters. The van der Waals surface area contributed by atoms with Gasteiger partial charge in [-0.15, -0.1) is 0 Å². The van der Waals surface area contributed by atoms with E-state index in [0.29, 0.717) is 12.2 Å². The lowest BCUT2D eigenvalue weighted by molar-refractivity contribution is 0.0498. The third kappa shape index (κ3) is 8.24. The van der Waals surface area contributed by atoms with Crippen molar-refractivity contribution < 1.29 is 14.3 Å². The zero-order chi connectivity index (χ0) is 20.0. The Balaban J connectivity index is 1.64. The van der Waals surface area contributed by atoms with Crippen LogP contribution in [0.2, 0.25) is 0 Å². The van der Waals surface area contributed by atoms with Crippen molar-refractivity contribution in [3.8, 4) is 5.75 Å². The van der Waals surface area contributed by atoms with Gasteiger partial charge >= 0.3 is 5.97 Å². The van der Waals surface area contributed by atoms with Gasteiger partial charge in [-0.2, -0.15) is 0 Å². The molecule has 1 saturated carbocycles. The molecule has 1 aliphatic rings. The van der Waals surface area contributed by atoms with E-state index in [0.717, 1.165) is 43.5 Å². The second kappa shape index (κ2) is 13.6. The summed E-state index contributed by atoms with van der Waals surface area (Å²) in [5.41, 5.74) is 0.604. The summed E-state index contributed by atoms with van der Waals surface area (Å²) in [6.07, 6.45) is 15.2. The van der Waals surface area contributed by atoms with Gasteiger partial charge in [0, 0.05) is 0 Å². The highest BCUT2D eigenvalue weighted by molar-refractivity contribution is 5.89. The average molecular weight is 389 g/mol. The molecule has 1 aromatic rings. The van der Waals surface area contributed by atoms with Crippen molar-refractivity contribution in [3.05, 3.63) is 29.8 Å². The van der Waals surface area contributed by atoms with Crippen LogP contribution in [0, 0.1) is 11.8 Å². The molecule has 1 aromatic carbocycles.